The lowest BCUT2D eigenvalue weighted by Crippen LogP contribution is -2.53. The van der Waals surface area contributed by atoms with E-state index in [1.54, 1.807) is 0 Å². The molecule has 1 N–H and O–H groups in total. The van der Waals surface area contributed by atoms with E-state index in [1.807, 2.05) is 0 Å². The minimum absolute atomic E-state index is 0.0928. The van der Waals surface area contributed by atoms with Crippen LogP contribution in [0.2, 0.25) is 0 Å². The SMILES string of the molecule is CCNC(C1=CCCO1)C1(C)CCCCO1. The van der Waals surface area contributed by atoms with Gasteiger partial charge < -0.3 is 14.8 Å². The normalized spacial score (nSPS) is 32.0. The van der Waals surface area contributed by atoms with Gasteiger partial charge in [-0.2, -0.15) is 0 Å². The number of hydrogen-bond donors (Lipinski definition) is 1. The fraction of sp³-hybridized carbons (Fsp3) is 0.846. The standard InChI is InChI=1S/C13H23NO2/c1-3-14-12(11-7-6-9-15-11)13(2)8-4-5-10-16-13/h7,12,14H,3-6,8-10H2,1-2H3. The summed E-state index contributed by atoms with van der Waals surface area (Å²) in [5, 5.41) is 3.52. The van der Waals surface area contributed by atoms with Crippen LogP contribution < -0.4 is 5.32 Å². The lowest BCUT2D eigenvalue weighted by atomic mass is 9.87. The van der Waals surface area contributed by atoms with Crippen LogP contribution >= 0.6 is 0 Å². The first-order valence-electron chi connectivity index (χ1n) is 6.46. The van der Waals surface area contributed by atoms with Crippen LogP contribution in [0.1, 0.15) is 39.5 Å². The number of rotatable bonds is 4. The van der Waals surface area contributed by atoms with Crippen molar-refractivity contribution in [2.45, 2.75) is 51.2 Å². The summed E-state index contributed by atoms with van der Waals surface area (Å²) in [4.78, 5) is 0. The molecular formula is C13H23NO2. The first kappa shape index (κ1) is 11.9. The Morgan fingerprint density at radius 1 is 1.44 bits per heavy atom. The van der Waals surface area contributed by atoms with Crippen LogP contribution in [0.25, 0.3) is 0 Å². The molecule has 3 nitrogen and oxygen atoms in total. The first-order chi connectivity index (χ1) is 7.76. The number of nitrogens with one attached hydrogen (secondary N) is 1. The molecule has 0 aromatic heterocycles. The summed E-state index contributed by atoms with van der Waals surface area (Å²) < 4.78 is 11.7. The van der Waals surface area contributed by atoms with Gasteiger partial charge in [-0.25, -0.2) is 0 Å². The van der Waals surface area contributed by atoms with Crippen molar-refractivity contribution in [3.63, 3.8) is 0 Å². The van der Waals surface area contributed by atoms with Crippen LogP contribution in [-0.2, 0) is 9.47 Å². The molecule has 0 aromatic rings. The van der Waals surface area contributed by atoms with E-state index in [9.17, 15) is 0 Å². The van der Waals surface area contributed by atoms with E-state index in [0.717, 1.165) is 38.4 Å². The fourth-order valence-corrected chi connectivity index (χ4v) is 2.64. The summed E-state index contributed by atoms with van der Waals surface area (Å²) in [6, 6.07) is 0.222. The van der Waals surface area contributed by atoms with Crippen molar-refractivity contribution < 1.29 is 9.47 Å². The Bertz CT molecular complexity index is 257. The summed E-state index contributed by atoms with van der Waals surface area (Å²) in [6.45, 7) is 7.00. The quantitative estimate of drug-likeness (QED) is 0.796. The van der Waals surface area contributed by atoms with Gasteiger partial charge in [-0.05, 0) is 38.8 Å². The topological polar surface area (TPSA) is 30.5 Å². The number of ether oxygens (including phenoxy) is 2. The molecule has 0 aromatic carbocycles. The smallest absolute Gasteiger partial charge is 0.112 e. The van der Waals surface area contributed by atoms with Gasteiger partial charge in [0.25, 0.3) is 0 Å². The molecule has 2 atom stereocenters. The van der Waals surface area contributed by atoms with Crippen molar-refractivity contribution in [1.82, 2.24) is 5.32 Å². The molecule has 1 fully saturated rings. The van der Waals surface area contributed by atoms with Crippen LogP contribution in [0, 0.1) is 0 Å². The van der Waals surface area contributed by atoms with Gasteiger partial charge in [-0.15, -0.1) is 0 Å². The van der Waals surface area contributed by atoms with Crippen molar-refractivity contribution in [1.29, 1.82) is 0 Å². The Kier molecular flexibility index (Phi) is 3.87. The summed E-state index contributed by atoms with van der Waals surface area (Å²) in [7, 11) is 0. The average Bonchev–Trinajstić information content (AvgIpc) is 2.80. The molecule has 2 aliphatic rings. The predicted octanol–water partition coefficient (Wildman–Crippen LogP) is 2.23. The van der Waals surface area contributed by atoms with Gasteiger partial charge in [0.2, 0.25) is 0 Å². The Morgan fingerprint density at radius 3 is 2.88 bits per heavy atom. The van der Waals surface area contributed by atoms with Gasteiger partial charge in [-0.1, -0.05) is 6.92 Å². The second-order valence-corrected chi connectivity index (χ2v) is 4.85. The zero-order valence-electron chi connectivity index (χ0n) is 10.4. The molecule has 0 bridgehead atoms. The van der Waals surface area contributed by atoms with E-state index in [0.29, 0.717) is 0 Å². The molecule has 2 unspecified atom stereocenters. The predicted molar refractivity (Wildman–Crippen MR) is 64.3 cm³/mol. The lowest BCUT2D eigenvalue weighted by Gasteiger charge is -2.41. The van der Waals surface area contributed by atoms with Crippen LogP contribution in [0.3, 0.4) is 0 Å². The van der Waals surface area contributed by atoms with Crippen molar-refractivity contribution in [3.05, 3.63) is 11.8 Å². The van der Waals surface area contributed by atoms with Gasteiger partial charge >= 0.3 is 0 Å². The zero-order chi connectivity index (χ0) is 11.4. The maximum absolute atomic E-state index is 6.01. The molecule has 0 radical (unpaired) electrons. The second-order valence-electron chi connectivity index (χ2n) is 4.85. The van der Waals surface area contributed by atoms with Crippen LogP contribution in [-0.4, -0.2) is 31.4 Å². The minimum Gasteiger partial charge on any atom is -0.496 e. The summed E-state index contributed by atoms with van der Waals surface area (Å²) in [6.07, 6.45) is 6.80. The third-order valence-electron chi connectivity index (χ3n) is 3.53. The Labute approximate surface area is 98.2 Å². The molecular weight excluding hydrogens is 202 g/mol. The first-order valence-corrected chi connectivity index (χ1v) is 6.46. The maximum atomic E-state index is 6.01. The largest absolute Gasteiger partial charge is 0.496 e. The highest BCUT2D eigenvalue weighted by Gasteiger charge is 2.40. The van der Waals surface area contributed by atoms with Crippen molar-refractivity contribution in [2.24, 2.45) is 0 Å². The second kappa shape index (κ2) is 5.19. The van der Waals surface area contributed by atoms with Gasteiger partial charge in [0.15, 0.2) is 0 Å². The molecule has 0 amide bonds. The molecule has 2 heterocycles. The highest BCUT2D eigenvalue weighted by molar-refractivity contribution is 5.14. The van der Waals surface area contributed by atoms with E-state index in [4.69, 9.17) is 9.47 Å². The number of hydrogen-bond acceptors (Lipinski definition) is 3. The van der Waals surface area contributed by atoms with E-state index in [2.05, 4.69) is 25.2 Å². The lowest BCUT2D eigenvalue weighted by molar-refractivity contribution is -0.0886. The Hall–Kier alpha value is -0.540. The molecule has 0 saturated carbocycles. The third kappa shape index (κ3) is 2.41. The molecule has 92 valence electrons. The van der Waals surface area contributed by atoms with Gasteiger partial charge in [0.1, 0.15) is 5.76 Å². The molecule has 2 rings (SSSR count). The van der Waals surface area contributed by atoms with Crippen LogP contribution in [0.5, 0.6) is 0 Å². The molecule has 16 heavy (non-hydrogen) atoms. The van der Waals surface area contributed by atoms with E-state index >= 15 is 0 Å². The number of likely N-dealkylation sites (N-methyl/N-ethyl adjacent to an activating group) is 1. The summed E-state index contributed by atoms with van der Waals surface area (Å²) in [5.41, 5.74) is -0.0928. The highest BCUT2D eigenvalue weighted by Crippen LogP contribution is 2.32. The summed E-state index contributed by atoms with van der Waals surface area (Å²) in [5.74, 6) is 1.09. The van der Waals surface area contributed by atoms with Crippen molar-refractivity contribution in [3.8, 4) is 0 Å². The van der Waals surface area contributed by atoms with Crippen molar-refractivity contribution in [2.75, 3.05) is 19.8 Å². The molecule has 0 spiro atoms. The summed E-state index contributed by atoms with van der Waals surface area (Å²) >= 11 is 0. The Balaban J connectivity index is 2.10. The van der Waals surface area contributed by atoms with E-state index in [-0.39, 0.29) is 11.6 Å². The van der Waals surface area contributed by atoms with Crippen LogP contribution in [0.4, 0.5) is 0 Å². The van der Waals surface area contributed by atoms with E-state index in [1.165, 1.54) is 12.8 Å². The van der Waals surface area contributed by atoms with Crippen molar-refractivity contribution >= 4 is 0 Å². The van der Waals surface area contributed by atoms with Gasteiger partial charge in [-0.3, -0.25) is 0 Å². The molecule has 3 heteroatoms. The monoisotopic (exact) mass is 225 g/mol. The fourth-order valence-electron chi connectivity index (χ4n) is 2.64. The van der Waals surface area contributed by atoms with Crippen LogP contribution in [0.15, 0.2) is 11.8 Å². The average molecular weight is 225 g/mol. The van der Waals surface area contributed by atoms with E-state index < -0.39 is 0 Å². The minimum atomic E-state index is -0.0928. The Morgan fingerprint density at radius 2 is 2.31 bits per heavy atom. The zero-order valence-corrected chi connectivity index (χ0v) is 10.4. The highest BCUT2D eigenvalue weighted by atomic mass is 16.5. The maximum Gasteiger partial charge on any atom is 0.112 e. The van der Waals surface area contributed by atoms with Gasteiger partial charge in [0, 0.05) is 13.0 Å². The molecule has 1 saturated heterocycles. The molecule has 0 aliphatic carbocycles. The van der Waals surface area contributed by atoms with Gasteiger partial charge in [0.05, 0.1) is 18.2 Å². The third-order valence-corrected chi connectivity index (χ3v) is 3.53. The molecule has 2 aliphatic heterocycles.